The first-order valence-electron chi connectivity index (χ1n) is 4.41. The molecule has 0 amide bonds. The van der Waals surface area contributed by atoms with Gasteiger partial charge >= 0.3 is 5.97 Å². The highest BCUT2D eigenvalue weighted by atomic mass is 79.9. The predicted octanol–water partition coefficient (Wildman–Crippen LogP) is 2.77. The number of likely N-dealkylation sites (N-methyl/N-ethyl adjacent to an activating group) is 1. The number of carboxylic acid groups (broad SMARTS) is 1. The first kappa shape index (κ1) is 11.8. The normalized spacial score (nSPS) is 9.73. The Morgan fingerprint density at radius 1 is 1.67 bits per heavy atom. The van der Waals surface area contributed by atoms with E-state index in [0.29, 0.717) is 16.7 Å². The van der Waals surface area contributed by atoms with Gasteiger partial charge in [-0.05, 0) is 28.1 Å². The molecule has 0 radical (unpaired) electrons. The summed E-state index contributed by atoms with van der Waals surface area (Å²) in [6.07, 6.45) is 1.73. The number of halogens is 1. The number of hydrogen-bond donors (Lipinski definition) is 1. The summed E-state index contributed by atoms with van der Waals surface area (Å²) in [5.41, 5.74) is 0.957. The Labute approximate surface area is 97.1 Å². The van der Waals surface area contributed by atoms with Gasteiger partial charge in [0.05, 0.1) is 11.3 Å². The molecule has 80 valence electrons. The number of carbonyl (C=O) groups is 1. The SMILES string of the molecule is C=CCN(C)c1cccc(Br)c1C(=O)O. The number of aromatic carboxylic acids is 1. The summed E-state index contributed by atoms with van der Waals surface area (Å²) in [5.74, 6) is -0.937. The summed E-state index contributed by atoms with van der Waals surface area (Å²) < 4.78 is 0.586. The van der Waals surface area contributed by atoms with Crippen molar-refractivity contribution in [3.05, 3.63) is 40.9 Å². The van der Waals surface area contributed by atoms with Gasteiger partial charge in [0.15, 0.2) is 0 Å². The van der Waals surface area contributed by atoms with Crippen LogP contribution in [-0.4, -0.2) is 24.7 Å². The maximum absolute atomic E-state index is 11.1. The van der Waals surface area contributed by atoms with Crippen LogP contribution in [0.1, 0.15) is 10.4 Å². The van der Waals surface area contributed by atoms with Crippen LogP contribution >= 0.6 is 15.9 Å². The van der Waals surface area contributed by atoms with Crippen molar-refractivity contribution in [3.8, 4) is 0 Å². The second kappa shape index (κ2) is 4.98. The Morgan fingerprint density at radius 3 is 2.87 bits per heavy atom. The summed E-state index contributed by atoms with van der Waals surface area (Å²) >= 11 is 3.23. The van der Waals surface area contributed by atoms with Gasteiger partial charge in [0.2, 0.25) is 0 Å². The molecule has 0 spiro atoms. The maximum atomic E-state index is 11.1. The Kier molecular flexibility index (Phi) is 3.91. The van der Waals surface area contributed by atoms with Gasteiger partial charge in [-0.3, -0.25) is 0 Å². The number of nitrogens with zero attached hydrogens (tertiary/aromatic N) is 1. The van der Waals surface area contributed by atoms with Crippen LogP contribution in [0.2, 0.25) is 0 Å². The van der Waals surface area contributed by atoms with Gasteiger partial charge in [-0.2, -0.15) is 0 Å². The molecule has 3 nitrogen and oxygen atoms in total. The second-order valence-electron chi connectivity index (χ2n) is 3.11. The number of carboxylic acids is 1. The third-order valence-electron chi connectivity index (χ3n) is 2.02. The molecule has 1 aromatic carbocycles. The van der Waals surface area contributed by atoms with E-state index in [2.05, 4.69) is 22.5 Å². The van der Waals surface area contributed by atoms with E-state index in [1.54, 1.807) is 18.2 Å². The molecule has 1 N–H and O–H groups in total. The summed E-state index contributed by atoms with van der Waals surface area (Å²) in [6.45, 7) is 4.23. The Hall–Kier alpha value is -1.29. The third-order valence-corrected chi connectivity index (χ3v) is 2.68. The van der Waals surface area contributed by atoms with E-state index in [-0.39, 0.29) is 5.56 Å². The van der Waals surface area contributed by atoms with Crippen molar-refractivity contribution >= 4 is 27.6 Å². The number of benzene rings is 1. The van der Waals surface area contributed by atoms with Gasteiger partial charge in [-0.25, -0.2) is 4.79 Å². The zero-order valence-electron chi connectivity index (χ0n) is 8.40. The average molecular weight is 270 g/mol. The maximum Gasteiger partial charge on any atom is 0.338 e. The van der Waals surface area contributed by atoms with Gasteiger partial charge in [0, 0.05) is 18.1 Å². The van der Waals surface area contributed by atoms with E-state index >= 15 is 0 Å². The molecule has 1 rings (SSSR count). The molecule has 4 heteroatoms. The van der Waals surface area contributed by atoms with E-state index in [4.69, 9.17) is 5.11 Å². The highest BCUT2D eigenvalue weighted by Crippen LogP contribution is 2.27. The molecule has 0 heterocycles. The molecule has 0 saturated heterocycles. The van der Waals surface area contributed by atoms with Crippen LogP contribution in [0.3, 0.4) is 0 Å². The Balaban J connectivity index is 3.22. The van der Waals surface area contributed by atoms with Crippen molar-refractivity contribution in [2.75, 3.05) is 18.5 Å². The smallest absolute Gasteiger partial charge is 0.338 e. The van der Waals surface area contributed by atoms with Gasteiger partial charge in [0.1, 0.15) is 0 Å². The zero-order chi connectivity index (χ0) is 11.4. The van der Waals surface area contributed by atoms with Crippen molar-refractivity contribution in [3.63, 3.8) is 0 Å². The summed E-state index contributed by atoms with van der Waals surface area (Å²) in [7, 11) is 1.83. The van der Waals surface area contributed by atoms with Crippen LogP contribution in [0.25, 0.3) is 0 Å². The molecular weight excluding hydrogens is 258 g/mol. The van der Waals surface area contributed by atoms with E-state index in [0.717, 1.165) is 0 Å². The first-order chi connectivity index (χ1) is 7.07. The Morgan fingerprint density at radius 2 is 2.33 bits per heavy atom. The first-order valence-corrected chi connectivity index (χ1v) is 5.21. The fraction of sp³-hybridized carbons (Fsp3) is 0.182. The van der Waals surface area contributed by atoms with E-state index in [1.165, 1.54) is 0 Å². The lowest BCUT2D eigenvalue weighted by atomic mass is 10.1. The monoisotopic (exact) mass is 269 g/mol. The molecule has 0 bridgehead atoms. The van der Waals surface area contributed by atoms with Crippen molar-refractivity contribution in [2.45, 2.75) is 0 Å². The summed E-state index contributed by atoms with van der Waals surface area (Å²) in [4.78, 5) is 12.9. The molecule has 0 fully saturated rings. The van der Waals surface area contributed by atoms with Crippen molar-refractivity contribution in [2.24, 2.45) is 0 Å². The molecule has 0 aliphatic carbocycles. The van der Waals surface area contributed by atoms with Gasteiger partial charge in [0.25, 0.3) is 0 Å². The lowest BCUT2D eigenvalue weighted by molar-refractivity contribution is 0.0696. The van der Waals surface area contributed by atoms with Crippen molar-refractivity contribution < 1.29 is 9.90 Å². The van der Waals surface area contributed by atoms with Crippen LogP contribution < -0.4 is 4.90 Å². The van der Waals surface area contributed by atoms with E-state index in [1.807, 2.05) is 18.0 Å². The van der Waals surface area contributed by atoms with Gasteiger partial charge in [-0.1, -0.05) is 12.1 Å². The topological polar surface area (TPSA) is 40.5 Å². The molecular formula is C11H12BrNO2. The van der Waals surface area contributed by atoms with Crippen LogP contribution in [0.5, 0.6) is 0 Å². The third kappa shape index (κ3) is 2.59. The highest BCUT2D eigenvalue weighted by Gasteiger charge is 2.15. The standard InChI is InChI=1S/C11H12BrNO2/c1-3-7-13(2)9-6-4-5-8(12)10(9)11(14)15/h3-6H,1,7H2,2H3,(H,14,15). The molecule has 0 aliphatic heterocycles. The summed E-state index contributed by atoms with van der Waals surface area (Å²) in [6, 6.07) is 5.30. The summed E-state index contributed by atoms with van der Waals surface area (Å²) in [5, 5.41) is 9.08. The van der Waals surface area contributed by atoms with Gasteiger partial charge < -0.3 is 10.0 Å². The average Bonchev–Trinajstić information content (AvgIpc) is 2.17. The Bertz CT molecular complexity index is 390. The minimum Gasteiger partial charge on any atom is -0.478 e. The van der Waals surface area contributed by atoms with Crippen molar-refractivity contribution in [1.29, 1.82) is 0 Å². The number of hydrogen-bond acceptors (Lipinski definition) is 2. The molecule has 0 atom stereocenters. The molecule has 0 aliphatic rings. The van der Waals surface area contributed by atoms with E-state index < -0.39 is 5.97 Å². The molecule has 0 saturated carbocycles. The van der Waals surface area contributed by atoms with Crippen LogP contribution in [-0.2, 0) is 0 Å². The van der Waals surface area contributed by atoms with Gasteiger partial charge in [-0.15, -0.1) is 6.58 Å². The number of rotatable bonds is 4. The minimum absolute atomic E-state index is 0.279. The quantitative estimate of drug-likeness (QED) is 0.855. The molecule has 0 unspecified atom stereocenters. The minimum atomic E-state index is -0.937. The van der Waals surface area contributed by atoms with E-state index in [9.17, 15) is 4.79 Å². The fourth-order valence-corrected chi connectivity index (χ4v) is 1.86. The lowest BCUT2D eigenvalue weighted by Gasteiger charge is -2.19. The van der Waals surface area contributed by atoms with Crippen LogP contribution in [0.4, 0.5) is 5.69 Å². The molecule has 0 aromatic heterocycles. The predicted molar refractivity (Wildman–Crippen MR) is 64.6 cm³/mol. The number of anilines is 1. The largest absolute Gasteiger partial charge is 0.478 e. The zero-order valence-corrected chi connectivity index (χ0v) is 9.99. The second-order valence-corrected chi connectivity index (χ2v) is 3.96. The molecule has 15 heavy (non-hydrogen) atoms. The van der Waals surface area contributed by atoms with Crippen molar-refractivity contribution in [1.82, 2.24) is 0 Å². The fourth-order valence-electron chi connectivity index (χ4n) is 1.33. The van der Waals surface area contributed by atoms with Crippen LogP contribution in [0, 0.1) is 0 Å². The van der Waals surface area contributed by atoms with Crippen LogP contribution in [0.15, 0.2) is 35.3 Å². The highest BCUT2D eigenvalue weighted by molar-refractivity contribution is 9.10. The molecule has 1 aromatic rings. The lowest BCUT2D eigenvalue weighted by Crippen LogP contribution is -2.19.